The first-order valence-corrected chi connectivity index (χ1v) is 15.4. The molecule has 1 saturated heterocycles. The molecule has 1 fully saturated rings. The number of carbonyl (C=O) groups is 1. The minimum absolute atomic E-state index is 0.122. The maximum atomic E-state index is 13.6. The van der Waals surface area contributed by atoms with Crippen molar-refractivity contribution < 1.29 is 27.8 Å². The Bertz CT molecular complexity index is 1920. The number of nitrogen functional groups attached to an aromatic ring is 1. The molecule has 4 N–H and O–H groups in total. The van der Waals surface area contributed by atoms with Crippen LogP contribution < -0.4 is 15.8 Å². The van der Waals surface area contributed by atoms with E-state index in [2.05, 4.69) is 10.3 Å². The van der Waals surface area contributed by atoms with E-state index in [1.54, 1.807) is 66.7 Å². The number of ether oxygens (including phenoxy) is 1. The first-order valence-electron chi connectivity index (χ1n) is 15.1. The van der Waals surface area contributed by atoms with Crippen LogP contribution in [0, 0.1) is 0 Å². The Kier molecular flexibility index (Phi) is 9.26. The van der Waals surface area contributed by atoms with Gasteiger partial charge in [-0.1, -0.05) is 35.9 Å². The lowest BCUT2D eigenvalue weighted by atomic mass is 9.95. The summed E-state index contributed by atoms with van der Waals surface area (Å²) in [5, 5.41) is 15.1. The molecule has 0 saturated carbocycles. The third-order valence-electron chi connectivity index (χ3n) is 8.21. The van der Waals surface area contributed by atoms with Gasteiger partial charge in [-0.3, -0.25) is 9.69 Å². The second-order valence-electron chi connectivity index (χ2n) is 11.5. The van der Waals surface area contributed by atoms with Crippen molar-refractivity contribution in [3.05, 3.63) is 107 Å². The lowest BCUT2D eigenvalue weighted by Gasteiger charge is -2.35. The van der Waals surface area contributed by atoms with Crippen molar-refractivity contribution >= 4 is 40.4 Å². The van der Waals surface area contributed by atoms with Crippen LogP contribution in [0.1, 0.15) is 36.0 Å². The molecule has 6 rings (SSSR count). The van der Waals surface area contributed by atoms with Gasteiger partial charge in [0.1, 0.15) is 29.1 Å². The molecule has 1 unspecified atom stereocenters. The van der Waals surface area contributed by atoms with Gasteiger partial charge < -0.3 is 25.3 Å². The zero-order chi connectivity index (χ0) is 33.1. The van der Waals surface area contributed by atoms with E-state index in [0.717, 1.165) is 33.2 Å². The number of carbonyl (C=O) groups excluding carboxylic acids is 1. The van der Waals surface area contributed by atoms with E-state index < -0.39 is 12.2 Å². The van der Waals surface area contributed by atoms with E-state index in [0.29, 0.717) is 33.5 Å². The molecule has 8 nitrogen and oxygen atoms in total. The van der Waals surface area contributed by atoms with Gasteiger partial charge in [-0.15, -0.1) is 0 Å². The predicted molar refractivity (Wildman–Crippen MR) is 179 cm³/mol. The second-order valence-corrected chi connectivity index (χ2v) is 11.9. The van der Waals surface area contributed by atoms with E-state index >= 15 is 0 Å². The normalized spacial score (nSPS) is 15.6. The Labute approximate surface area is 275 Å². The monoisotopic (exact) mass is 658 g/mol. The highest BCUT2D eigenvalue weighted by molar-refractivity contribution is 6.31. The summed E-state index contributed by atoms with van der Waals surface area (Å²) in [5.74, 6) is -1.45. The molecule has 2 aromatic heterocycles. The zero-order valence-electron chi connectivity index (χ0n) is 25.6. The number of anilines is 1. The summed E-state index contributed by atoms with van der Waals surface area (Å²) in [6.07, 6.45) is 3.12. The molecule has 0 bridgehead atoms. The van der Waals surface area contributed by atoms with Crippen LogP contribution in [0.5, 0.6) is 5.75 Å². The van der Waals surface area contributed by atoms with E-state index in [9.17, 15) is 18.7 Å². The first-order chi connectivity index (χ1) is 22.6. The fourth-order valence-corrected chi connectivity index (χ4v) is 5.80. The molecule has 5 aromatic rings. The number of rotatable bonds is 9. The number of hydrogen-bond donors (Lipinski definition) is 3. The number of halogens is 3. The van der Waals surface area contributed by atoms with Crippen LogP contribution in [0.3, 0.4) is 0 Å². The van der Waals surface area contributed by atoms with Crippen LogP contribution in [0.2, 0.25) is 5.02 Å². The number of likely N-dealkylation sites (tertiary alicyclic amines) is 1. The fraction of sp³-hybridized carbons (Fsp3) is 0.222. The lowest BCUT2D eigenvalue weighted by molar-refractivity contribution is -0.116. The first kappa shape index (κ1) is 32.2. The van der Waals surface area contributed by atoms with Gasteiger partial charge in [-0.2, -0.15) is 0 Å². The highest BCUT2D eigenvalue weighted by Crippen LogP contribution is 2.41. The number of aliphatic hydroxyl groups excluding tert-OH is 1. The van der Waals surface area contributed by atoms with Crippen molar-refractivity contribution in [2.24, 2.45) is 0 Å². The van der Waals surface area contributed by atoms with Crippen molar-refractivity contribution in [3.63, 3.8) is 0 Å². The van der Waals surface area contributed by atoms with Crippen LogP contribution >= 0.6 is 11.6 Å². The number of furan rings is 1. The molecule has 1 atom stereocenters. The van der Waals surface area contributed by atoms with Gasteiger partial charge in [0.15, 0.2) is 0 Å². The van der Waals surface area contributed by atoms with Crippen LogP contribution in [-0.4, -0.2) is 47.0 Å². The van der Waals surface area contributed by atoms with Crippen molar-refractivity contribution in [2.75, 3.05) is 25.9 Å². The van der Waals surface area contributed by atoms with Crippen molar-refractivity contribution in [1.82, 2.24) is 15.2 Å². The number of fused-ring (bicyclic) bond motifs is 1. The second kappa shape index (κ2) is 13.5. The Balaban J connectivity index is 1.29. The summed E-state index contributed by atoms with van der Waals surface area (Å²) >= 11 is 6.41. The average molecular weight is 659 g/mol. The highest BCUT2D eigenvalue weighted by atomic mass is 35.5. The van der Waals surface area contributed by atoms with Crippen molar-refractivity contribution in [3.8, 4) is 28.0 Å². The molecule has 0 radical (unpaired) electrons. The molecule has 1 aliphatic rings. The maximum absolute atomic E-state index is 13.6. The summed E-state index contributed by atoms with van der Waals surface area (Å²) in [6, 6.07) is 22.0. The van der Waals surface area contributed by atoms with Crippen LogP contribution in [0.25, 0.3) is 39.3 Å². The standard InChI is InChI=1S/C36H33ClF2N4O4/c1-46-31-9-8-27(37)19-29(31)30-18-25(23-4-6-24(7-5-23)35(45)43-14-12-36(38,39)13-15-43)16-26-17-28(47-34(26)30)21-42-33(44)11-3-22-2-10-32(40)41-20-22/h2-11,16-20,35,45H,12-15,21H2,1H3,(H2,40,41)(H,42,44)/b11-3+. The number of hydrogen-bond acceptors (Lipinski definition) is 7. The van der Waals surface area contributed by atoms with E-state index in [1.165, 1.54) is 6.08 Å². The van der Waals surface area contributed by atoms with Crippen LogP contribution in [0.4, 0.5) is 14.6 Å². The van der Waals surface area contributed by atoms with E-state index in [-0.39, 0.29) is 38.4 Å². The topological polar surface area (TPSA) is 114 Å². The predicted octanol–water partition coefficient (Wildman–Crippen LogP) is 7.46. The quantitative estimate of drug-likeness (QED) is 0.141. The summed E-state index contributed by atoms with van der Waals surface area (Å²) in [7, 11) is 1.58. The summed E-state index contributed by atoms with van der Waals surface area (Å²) in [5.41, 5.74) is 10.8. The Morgan fingerprint density at radius 3 is 2.55 bits per heavy atom. The third kappa shape index (κ3) is 7.46. The largest absolute Gasteiger partial charge is 0.496 e. The summed E-state index contributed by atoms with van der Waals surface area (Å²) in [4.78, 5) is 18.2. The van der Waals surface area contributed by atoms with E-state index in [1.807, 2.05) is 30.3 Å². The molecule has 1 aliphatic heterocycles. The lowest BCUT2D eigenvalue weighted by Crippen LogP contribution is -2.41. The summed E-state index contributed by atoms with van der Waals surface area (Å²) in [6.45, 7) is 0.391. The molecule has 0 spiro atoms. The fourth-order valence-electron chi connectivity index (χ4n) is 5.63. The average Bonchev–Trinajstić information content (AvgIpc) is 3.49. The number of methoxy groups -OCH3 is 1. The van der Waals surface area contributed by atoms with Gasteiger partial charge in [0, 0.05) is 59.7 Å². The smallest absolute Gasteiger partial charge is 0.250 e. The van der Waals surface area contributed by atoms with E-state index in [4.69, 9.17) is 26.5 Å². The minimum Gasteiger partial charge on any atom is -0.496 e. The molecule has 0 aliphatic carbocycles. The molecule has 47 heavy (non-hydrogen) atoms. The van der Waals surface area contributed by atoms with Gasteiger partial charge in [0.05, 0.1) is 13.7 Å². The maximum Gasteiger partial charge on any atom is 0.250 e. The number of amides is 1. The van der Waals surface area contributed by atoms with Crippen LogP contribution in [0.15, 0.2) is 89.5 Å². The molecule has 1 amide bonds. The number of benzene rings is 3. The number of nitrogens with zero attached hydrogens (tertiary/aromatic N) is 2. The Morgan fingerprint density at radius 1 is 1.09 bits per heavy atom. The number of nitrogens with two attached hydrogens (primary N) is 1. The van der Waals surface area contributed by atoms with Crippen molar-refractivity contribution in [1.29, 1.82) is 0 Å². The van der Waals surface area contributed by atoms with Gasteiger partial charge in [-0.25, -0.2) is 13.8 Å². The highest BCUT2D eigenvalue weighted by Gasteiger charge is 2.36. The molecule has 3 aromatic carbocycles. The van der Waals surface area contributed by atoms with Gasteiger partial charge >= 0.3 is 0 Å². The third-order valence-corrected chi connectivity index (χ3v) is 8.44. The molecule has 11 heteroatoms. The number of pyridine rings is 1. The Hall–Kier alpha value is -4.77. The number of nitrogens with one attached hydrogen (secondary N) is 1. The number of alkyl halides is 2. The number of aliphatic hydroxyl groups is 1. The Morgan fingerprint density at radius 2 is 1.85 bits per heavy atom. The van der Waals surface area contributed by atoms with Gasteiger partial charge in [0.25, 0.3) is 5.92 Å². The zero-order valence-corrected chi connectivity index (χ0v) is 26.3. The SMILES string of the molecule is COc1ccc(Cl)cc1-c1cc(-c2ccc(C(O)N3CCC(F)(F)CC3)cc2)cc2cc(CNC(=O)/C=C/c3ccc(N)nc3)oc12. The molecule has 242 valence electrons. The van der Waals surface area contributed by atoms with Gasteiger partial charge in [-0.05, 0) is 76.9 Å². The molecule has 3 heterocycles. The van der Waals surface area contributed by atoms with Crippen molar-refractivity contribution in [2.45, 2.75) is 31.5 Å². The number of aromatic nitrogens is 1. The molecular weight excluding hydrogens is 626 g/mol. The number of piperidine rings is 1. The summed E-state index contributed by atoms with van der Waals surface area (Å²) < 4.78 is 39.2. The van der Waals surface area contributed by atoms with Crippen LogP contribution in [-0.2, 0) is 11.3 Å². The van der Waals surface area contributed by atoms with Gasteiger partial charge in [0.2, 0.25) is 5.91 Å². The minimum atomic E-state index is -2.69. The molecular formula is C36H33ClF2N4O4.